The van der Waals surface area contributed by atoms with Crippen LogP contribution in [0.2, 0.25) is 4.34 Å². The second-order valence-corrected chi connectivity index (χ2v) is 5.92. The van der Waals surface area contributed by atoms with Gasteiger partial charge in [0.2, 0.25) is 5.78 Å². The molecule has 0 aliphatic carbocycles. The van der Waals surface area contributed by atoms with Crippen molar-refractivity contribution >= 4 is 34.6 Å². The zero-order valence-electron chi connectivity index (χ0n) is 10.9. The number of ketones is 1. The van der Waals surface area contributed by atoms with E-state index < -0.39 is 17.8 Å². The summed E-state index contributed by atoms with van der Waals surface area (Å²) in [6, 6.07) is 7.03. The molecule has 110 valence electrons. The van der Waals surface area contributed by atoms with Crippen molar-refractivity contribution in [2.75, 3.05) is 0 Å². The highest BCUT2D eigenvalue weighted by Gasteiger charge is 2.22. The van der Waals surface area contributed by atoms with E-state index in [9.17, 15) is 14.0 Å². The lowest BCUT2D eigenvalue weighted by atomic mass is 10.1. The molecule has 2 rings (SSSR count). The van der Waals surface area contributed by atoms with Crippen LogP contribution in [-0.2, 0) is 0 Å². The molecular formula is C14H11ClFNO3S. The molecule has 0 aliphatic rings. The van der Waals surface area contributed by atoms with Gasteiger partial charge in [-0.25, -0.2) is 4.39 Å². The Labute approximate surface area is 129 Å². The lowest BCUT2D eigenvalue weighted by Crippen LogP contribution is -2.25. The van der Waals surface area contributed by atoms with Gasteiger partial charge < -0.3 is 10.5 Å². The summed E-state index contributed by atoms with van der Waals surface area (Å²) >= 11 is 6.89. The first kappa shape index (κ1) is 15.5. The van der Waals surface area contributed by atoms with E-state index in [1.807, 2.05) is 0 Å². The maximum absolute atomic E-state index is 13.6. The number of carbonyl (C=O) groups is 2. The fourth-order valence-corrected chi connectivity index (χ4v) is 2.79. The standard InChI is InChI=1S/C14H11ClFNO3S/c1-7(13(18)10-5-6-11(15)21-10)20-9-4-2-3-8(16)12(9)14(17)19/h2-7H,1H3,(H2,17,19). The second kappa shape index (κ2) is 6.24. The van der Waals surface area contributed by atoms with Crippen molar-refractivity contribution in [2.45, 2.75) is 13.0 Å². The topological polar surface area (TPSA) is 69.4 Å². The van der Waals surface area contributed by atoms with Gasteiger partial charge in [-0.15, -0.1) is 11.3 Å². The van der Waals surface area contributed by atoms with E-state index in [0.29, 0.717) is 9.21 Å². The number of hydrogen-bond donors (Lipinski definition) is 1. The number of nitrogens with two attached hydrogens (primary N) is 1. The molecule has 4 nitrogen and oxygen atoms in total. The van der Waals surface area contributed by atoms with Gasteiger partial charge in [0.25, 0.3) is 5.91 Å². The fraction of sp³-hybridized carbons (Fsp3) is 0.143. The minimum atomic E-state index is -0.957. The van der Waals surface area contributed by atoms with Gasteiger partial charge in [-0.2, -0.15) is 0 Å². The molecule has 0 fully saturated rings. The van der Waals surface area contributed by atoms with Crippen molar-refractivity contribution in [2.24, 2.45) is 5.73 Å². The first-order valence-electron chi connectivity index (χ1n) is 5.94. The van der Waals surface area contributed by atoms with Crippen LogP contribution >= 0.6 is 22.9 Å². The Morgan fingerprint density at radius 2 is 2.05 bits per heavy atom. The van der Waals surface area contributed by atoms with Gasteiger partial charge >= 0.3 is 0 Å². The highest BCUT2D eigenvalue weighted by atomic mass is 35.5. The van der Waals surface area contributed by atoms with Crippen LogP contribution in [0.4, 0.5) is 4.39 Å². The van der Waals surface area contributed by atoms with Crippen LogP contribution in [0.25, 0.3) is 0 Å². The van der Waals surface area contributed by atoms with Crippen molar-refractivity contribution in [3.8, 4) is 5.75 Å². The maximum Gasteiger partial charge on any atom is 0.255 e. The molecule has 1 aromatic heterocycles. The maximum atomic E-state index is 13.6. The summed E-state index contributed by atoms with van der Waals surface area (Å²) in [5.41, 5.74) is 4.75. The highest BCUT2D eigenvalue weighted by molar-refractivity contribution is 7.18. The van der Waals surface area contributed by atoms with Gasteiger partial charge in [-0.05, 0) is 31.2 Å². The number of benzene rings is 1. The number of rotatable bonds is 5. The normalized spacial score (nSPS) is 12.0. The molecule has 0 bridgehead atoms. The molecule has 21 heavy (non-hydrogen) atoms. The highest BCUT2D eigenvalue weighted by Crippen LogP contribution is 2.26. The van der Waals surface area contributed by atoms with Crippen LogP contribution in [0.15, 0.2) is 30.3 Å². The third-order valence-electron chi connectivity index (χ3n) is 2.71. The number of Topliss-reactive ketones (excluding diaryl/α,β-unsaturated/α-hetero) is 1. The van der Waals surface area contributed by atoms with E-state index in [2.05, 4.69) is 0 Å². The van der Waals surface area contributed by atoms with Gasteiger partial charge in [-0.1, -0.05) is 17.7 Å². The minimum absolute atomic E-state index is 0.0639. The molecule has 2 aromatic rings. The average molecular weight is 328 g/mol. The van der Waals surface area contributed by atoms with E-state index >= 15 is 0 Å². The van der Waals surface area contributed by atoms with Crippen LogP contribution in [-0.4, -0.2) is 17.8 Å². The number of hydrogen-bond acceptors (Lipinski definition) is 4. The molecule has 0 radical (unpaired) electrons. The number of primary amides is 1. The average Bonchev–Trinajstić information content (AvgIpc) is 2.84. The Balaban J connectivity index is 2.24. The van der Waals surface area contributed by atoms with Crippen LogP contribution in [0.5, 0.6) is 5.75 Å². The molecule has 7 heteroatoms. The first-order chi connectivity index (χ1) is 9.90. The van der Waals surface area contributed by atoms with Crippen molar-refractivity contribution in [3.05, 3.63) is 50.9 Å². The quantitative estimate of drug-likeness (QED) is 0.857. The summed E-state index contributed by atoms with van der Waals surface area (Å²) < 4.78 is 19.5. The third-order valence-corrected chi connectivity index (χ3v) is 3.96. The van der Waals surface area contributed by atoms with E-state index in [1.165, 1.54) is 19.1 Å². The molecule has 2 N–H and O–H groups in total. The molecule has 0 spiro atoms. The van der Waals surface area contributed by atoms with Gasteiger partial charge in [0.1, 0.15) is 17.1 Å². The molecule has 1 atom stereocenters. The van der Waals surface area contributed by atoms with E-state index in [4.69, 9.17) is 22.1 Å². The summed E-state index contributed by atoms with van der Waals surface area (Å²) in [6.45, 7) is 1.51. The van der Waals surface area contributed by atoms with Crippen LogP contribution in [0.3, 0.4) is 0 Å². The third kappa shape index (κ3) is 3.40. The monoisotopic (exact) mass is 327 g/mol. The Morgan fingerprint density at radius 3 is 2.62 bits per heavy atom. The molecule has 0 saturated heterocycles. The first-order valence-corrected chi connectivity index (χ1v) is 7.14. The number of ether oxygens (including phenoxy) is 1. The van der Waals surface area contributed by atoms with E-state index in [0.717, 1.165) is 17.4 Å². The number of carbonyl (C=O) groups excluding carboxylic acids is 2. The smallest absolute Gasteiger partial charge is 0.255 e. The lowest BCUT2D eigenvalue weighted by molar-refractivity contribution is 0.0814. The van der Waals surface area contributed by atoms with E-state index in [-0.39, 0.29) is 17.1 Å². The second-order valence-electron chi connectivity index (χ2n) is 4.21. The molecule has 1 aromatic carbocycles. The number of halogens is 2. The minimum Gasteiger partial charge on any atom is -0.482 e. The molecular weight excluding hydrogens is 317 g/mol. The zero-order valence-corrected chi connectivity index (χ0v) is 12.5. The Bertz CT molecular complexity index is 701. The SMILES string of the molecule is CC(Oc1cccc(F)c1C(N)=O)C(=O)c1ccc(Cl)s1. The van der Waals surface area contributed by atoms with Gasteiger partial charge in [0.15, 0.2) is 6.10 Å². The molecule has 1 unspecified atom stereocenters. The summed E-state index contributed by atoms with van der Waals surface area (Å²) in [7, 11) is 0. The van der Waals surface area contributed by atoms with Crippen LogP contribution < -0.4 is 10.5 Å². The predicted molar refractivity (Wildman–Crippen MR) is 78.7 cm³/mol. The van der Waals surface area contributed by atoms with Gasteiger partial charge in [-0.3, -0.25) is 9.59 Å². The fourth-order valence-electron chi connectivity index (χ4n) is 1.73. The lowest BCUT2D eigenvalue weighted by Gasteiger charge is -2.15. The summed E-state index contributed by atoms with van der Waals surface area (Å²) in [5, 5.41) is 0. The van der Waals surface area contributed by atoms with E-state index in [1.54, 1.807) is 12.1 Å². The van der Waals surface area contributed by atoms with Crippen molar-refractivity contribution in [3.63, 3.8) is 0 Å². The predicted octanol–water partition coefficient (Wildman–Crippen LogP) is 3.29. The number of thiophene rings is 1. The van der Waals surface area contributed by atoms with Crippen molar-refractivity contribution < 1.29 is 18.7 Å². The van der Waals surface area contributed by atoms with Gasteiger partial charge in [0.05, 0.1) is 9.21 Å². The summed E-state index contributed by atoms with van der Waals surface area (Å²) in [6.07, 6.45) is -0.903. The zero-order chi connectivity index (χ0) is 15.6. The summed E-state index contributed by atoms with van der Waals surface area (Å²) in [4.78, 5) is 23.8. The Kier molecular flexibility index (Phi) is 4.59. The molecule has 0 saturated carbocycles. The Morgan fingerprint density at radius 1 is 1.33 bits per heavy atom. The van der Waals surface area contributed by atoms with Crippen molar-refractivity contribution in [1.29, 1.82) is 0 Å². The molecule has 0 aliphatic heterocycles. The number of amides is 1. The summed E-state index contributed by atoms with van der Waals surface area (Å²) in [5.74, 6) is -2.13. The Hall–Kier alpha value is -1.92. The van der Waals surface area contributed by atoms with Crippen LogP contribution in [0.1, 0.15) is 27.0 Å². The molecule has 1 amide bonds. The molecule has 1 heterocycles. The van der Waals surface area contributed by atoms with Crippen molar-refractivity contribution in [1.82, 2.24) is 0 Å². The van der Waals surface area contributed by atoms with Crippen LogP contribution in [0, 0.1) is 5.82 Å². The largest absolute Gasteiger partial charge is 0.482 e. The van der Waals surface area contributed by atoms with Gasteiger partial charge in [0, 0.05) is 0 Å².